The Bertz CT molecular complexity index is 1080. The molecule has 0 spiro atoms. The number of rotatable bonds is 6. The van der Waals surface area contributed by atoms with Crippen molar-refractivity contribution in [3.63, 3.8) is 0 Å². The minimum atomic E-state index is -1.05. The number of anilines is 2. The first kappa shape index (κ1) is 21.0. The summed E-state index contributed by atoms with van der Waals surface area (Å²) in [5.74, 6) is -0.229. The molecule has 0 atom stereocenters. The molecule has 1 aliphatic rings. The van der Waals surface area contributed by atoms with E-state index in [0.717, 1.165) is 29.9 Å². The number of fused-ring (bicyclic) bond motifs is 1. The molecule has 0 radical (unpaired) electrons. The molecule has 0 unspecified atom stereocenters. The highest BCUT2D eigenvalue weighted by Crippen LogP contribution is 2.25. The van der Waals surface area contributed by atoms with Crippen molar-refractivity contribution in [1.82, 2.24) is 15.2 Å². The van der Waals surface area contributed by atoms with Crippen LogP contribution < -0.4 is 9.80 Å². The maximum Gasteiger partial charge on any atom is 0.251 e. The molecule has 1 aliphatic heterocycles. The van der Waals surface area contributed by atoms with Gasteiger partial charge in [0.05, 0.1) is 31.1 Å². The van der Waals surface area contributed by atoms with Gasteiger partial charge in [0.2, 0.25) is 0 Å². The monoisotopic (exact) mass is 421 g/mol. The molecule has 0 bridgehead atoms. The fourth-order valence-corrected chi connectivity index (χ4v) is 3.60. The van der Waals surface area contributed by atoms with Gasteiger partial charge in [0.15, 0.2) is 5.65 Å². The van der Waals surface area contributed by atoms with Gasteiger partial charge in [0, 0.05) is 42.1 Å². The molecule has 1 saturated heterocycles. The maximum absolute atomic E-state index is 13.2. The molecule has 1 aromatic carbocycles. The van der Waals surface area contributed by atoms with Gasteiger partial charge in [0.1, 0.15) is 0 Å². The van der Waals surface area contributed by atoms with Crippen molar-refractivity contribution in [2.75, 3.05) is 42.6 Å². The van der Waals surface area contributed by atoms with Crippen LogP contribution in [0.2, 0.25) is 0 Å². The number of ether oxygens (including phenoxy) is 1. The Morgan fingerprint density at radius 1 is 1.29 bits per heavy atom. The number of H-pyrrole nitrogens is 1. The lowest BCUT2D eigenvalue weighted by molar-refractivity contribution is -0.114. The largest absolute Gasteiger partial charge is 0.389 e. The summed E-state index contributed by atoms with van der Waals surface area (Å²) in [6.07, 6.45) is 4.87. The standard InChI is InChI=1S/C23H27N5O3/c1-23(2,30)16-28(18-6-3-5-17(15-18)27-11-13-31-14-12-27)21(29)9-8-20-19-7-4-10-24-22(19)26-25-20/h3-10,15,30H,11-14,16H2,1-2H3,(H,24,25,26)/b9-8+. The Kier molecular flexibility index (Phi) is 6.01. The number of morpholine rings is 1. The van der Waals surface area contributed by atoms with Gasteiger partial charge < -0.3 is 19.6 Å². The zero-order chi connectivity index (χ0) is 21.8. The highest BCUT2D eigenvalue weighted by atomic mass is 16.5. The van der Waals surface area contributed by atoms with Crippen molar-refractivity contribution in [3.05, 3.63) is 54.4 Å². The SMILES string of the molecule is CC(C)(O)CN(C(=O)/C=C/c1[nH]nc2ncccc12)c1cccc(N2CCOCC2)c1. The first-order valence-corrected chi connectivity index (χ1v) is 10.3. The van der Waals surface area contributed by atoms with E-state index in [1.165, 1.54) is 6.08 Å². The molecule has 1 fully saturated rings. The number of pyridine rings is 1. The second-order valence-corrected chi connectivity index (χ2v) is 8.20. The summed E-state index contributed by atoms with van der Waals surface area (Å²) in [6, 6.07) is 11.6. The molecule has 4 rings (SSSR count). The summed E-state index contributed by atoms with van der Waals surface area (Å²) in [4.78, 5) is 21.2. The third-order valence-corrected chi connectivity index (χ3v) is 5.08. The van der Waals surface area contributed by atoms with Crippen molar-refractivity contribution in [2.24, 2.45) is 0 Å². The number of aromatic nitrogens is 3. The summed E-state index contributed by atoms with van der Waals surface area (Å²) in [5.41, 5.74) is 2.02. The van der Waals surface area contributed by atoms with E-state index in [-0.39, 0.29) is 12.5 Å². The number of nitrogens with one attached hydrogen (secondary N) is 1. The summed E-state index contributed by atoms with van der Waals surface area (Å²) in [7, 11) is 0. The number of aromatic amines is 1. The molecule has 3 heterocycles. The first-order chi connectivity index (χ1) is 14.9. The van der Waals surface area contributed by atoms with Gasteiger partial charge in [-0.1, -0.05) is 6.07 Å². The lowest BCUT2D eigenvalue weighted by atomic mass is 10.1. The normalized spacial score (nSPS) is 15.0. The van der Waals surface area contributed by atoms with Crippen molar-refractivity contribution in [2.45, 2.75) is 19.4 Å². The average molecular weight is 422 g/mol. The molecule has 162 valence electrons. The summed E-state index contributed by atoms with van der Waals surface area (Å²) in [5, 5.41) is 18.3. The van der Waals surface area contributed by atoms with E-state index < -0.39 is 5.60 Å². The molecular formula is C23H27N5O3. The average Bonchev–Trinajstić information content (AvgIpc) is 3.19. The van der Waals surface area contributed by atoms with Crippen LogP contribution in [0.4, 0.5) is 11.4 Å². The van der Waals surface area contributed by atoms with Crippen molar-refractivity contribution < 1.29 is 14.6 Å². The molecule has 31 heavy (non-hydrogen) atoms. The highest BCUT2D eigenvalue weighted by molar-refractivity contribution is 6.05. The molecule has 2 aromatic heterocycles. The number of nitrogens with zero attached hydrogens (tertiary/aromatic N) is 4. The molecule has 1 amide bonds. The van der Waals surface area contributed by atoms with E-state index >= 15 is 0 Å². The smallest absolute Gasteiger partial charge is 0.251 e. The second-order valence-electron chi connectivity index (χ2n) is 8.20. The van der Waals surface area contributed by atoms with E-state index in [0.29, 0.717) is 24.6 Å². The number of aliphatic hydroxyl groups is 1. The van der Waals surface area contributed by atoms with E-state index in [2.05, 4.69) is 20.1 Å². The Hall–Kier alpha value is -3.23. The number of carbonyl (C=O) groups is 1. The van der Waals surface area contributed by atoms with Crippen LogP contribution in [0.1, 0.15) is 19.5 Å². The van der Waals surface area contributed by atoms with Crippen LogP contribution in [-0.4, -0.2) is 64.6 Å². The Morgan fingerprint density at radius 2 is 2.10 bits per heavy atom. The lowest BCUT2D eigenvalue weighted by Gasteiger charge is -2.32. The van der Waals surface area contributed by atoms with Gasteiger partial charge in [-0.25, -0.2) is 4.98 Å². The second kappa shape index (κ2) is 8.87. The van der Waals surface area contributed by atoms with E-state index in [1.54, 1.807) is 31.0 Å². The molecule has 0 aliphatic carbocycles. The number of hydrogen-bond acceptors (Lipinski definition) is 6. The van der Waals surface area contributed by atoms with Crippen molar-refractivity contribution in [3.8, 4) is 0 Å². The van der Waals surface area contributed by atoms with Gasteiger partial charge >= 0.3 is 0 Å². The highest BCUT2D eigenvalue weighted by Gasteiger charge is 2.23. The third kappa shape index (κ3) is 5.10. The quantitative estimate of drug-likeness (QED) is 0.594. The van der Waals surface area contributed by atoms with Gasteiger partial charge in [-0.05, 0) is 50.3 Å². The minimum absolute atomic E-state index is 0.161. The summed E-state index contributed by atoms with van der Waals surface area (Å²) in [6.45, 7) is 6.54. The first-order valence-electron chi connectivity index (χ1n) is 10.3. The van der Waals surface area contributed by atoms with Crippen LogP contribution in [0.15, 0.2) is 48.7 Å². The van der Waals surface area contributed by atoms with Gasteiger partial charge in [0.25, 0.3) is 5.91 Å². The maximum atomic E-state index is 13.2. The van der Waals surface area contributed by atoms with E-state index in [9.17, 15) is 9.90 Å². The molecule has 8 heteroatoms. The van der Waals surface area contributed by atoms with Crippen LogP contribution in [0.25, 0.3) is 17.1 Å². The predicted molar refractivity (Wildman–Crippen MR) is 121 cm³/mol. The Morgan fingerprint density at radius 3 is 2.87 bits per heavy atom. The number of benzene rings is 1. The number of carbonyl (C=O) groups excluding carboxylic acids is 1. The number of amides is 1. The topological polar surface area (TPSA) is 94.6 Å². The van der Waals surface area contributed by atoms with Crippen molar-refractivity contribution in [1.29, 1.82) is 0 Å². The molecule has 2 N–H and O–H groups in total. The minimum Gasteiger partial charge on any atom is -0.389 e. The van der Waals surface area contributed by atoms with Crippen LogP contribution in [-0.2, 0) is 9.53 Å². The van der Waals surface area contributed by atoms with E-state index in [4.69, 9.17) is 4.74 Å². The molecular weight excluding hydrogens is 394 g/mol. The zero-order valence-corrected chi connectivity index (χ0v) is 17.8. The molecule has 0 saturated carbocycles. The fourth-order valence-electron chi connectivity index (χ4n) is 3.60. The van der Waals surface area contributed by atoms with Crippen molar-refractivity contribution >= 4 is 34.4 Å². The fraction of sp³-hybridized carbons (Fsp3) is 0.348. The van der Waals surface area contributed by atoms with Gasteiger partial charge in [-0.15, -0.1) is 0 Å². The van der Waals surface area contributed by atoms with Crippen LogP contribution in [0.3, 0.4) is 0 Å². The van der Waals surface area contributed by atoms with E-state index in [1.807, 2.05) is 36.4 Å². The Labute approximate surface area is 181 Å². The summed E-state index contributed by atoms with van der Waals surface area (Å²) < 4.78 is 5.44. The summed E-state index contributed by atoms with van der Waals surface area (Å²) >= 11 is 0. The zero-order valence-electron chi connectivity index (χ0n) is 17.8. The third-order valence-electron chi connectivity index (χ3n) is 5.08. The number of hydrogen-bond donors (Lipinski definition) is 2. The molecule has 8 nitrogen and oxygen atoms in total. The predicted octanol–water partition coefficient (Wildman–Crippen LogP) is 2.61. The van der Waals surface area contributed by atoms with Gasteiger partial charge in [-0.2, -0.15) is 5.10 Å². The van der Waals surface area contributed by atoms with Crippen LogP contribution in [0.5, 0.6) is 0 Å². The van der Waals surface area contributed by atoms with Gasteiger partial charge in [-0.3, -0.25) is 9.89 Å². The lowest BCUT2D eigenvalue weighted by Crippen LogP contribution is -2.42. The molecule has 3 aromatic rings. The van der Waals surface area contributed by atoms with Crippen LogP contribution in [0, 0.1) is 0 Å². The van der Waals surface area contributed by atoms with Crippen LogP contribution >= 0.6 is 0 Å². The Balaban J connectivity index is 1.61.